The van der Waals surface area contributed by atoms with Crippen molar-refractivity contribution in [3.63, 3.8) is 0 Å². The van der Waals surface area contributed by atoms with Crippen molar-refractivity contribution in [2.24, 2.45) is 0 Å². The van der Waals surface area contributed by atoms with Crippen LogP contribution in [0, 0.1) is 0 Å². The first-order valence-corrected chi connectivity index (χ1v) is 24.6. The number of unbranched alkanes of at least 4 members (excludes halogenated alkanes) is 22. The lowest BCUT2D eigenvalue weighted by Gasteiger charge is -2.18. The van der Waals surface area contributed by atoms with Crippen molar-refractivity contribution in [3.05, 3.63) is 60.8 Å². The number of allylic oxidation sites excluding steroid dienone is 10. The molecule has 0 aromatic carbocycles. The summed E-state index contributed by atoms with van der Waals surface area (Å²) in [5, 5.41) is 0. The summed E-state index contributed by atoms with van der Waals surface area (Å²) in [4.78, 5) is 43.0. The number of hydrogen-bond acceptors (Lipinski definition) is 6. The van der Waals surface area contributed by atoms with Crippen molar-refractivity contribution in [3.8, 4) is 0 Å². The van der Waals surface area contributed by atoms with Crippen LogP contribution in [0.4, 0.5) is 0 Å². The molecule has 0 radical (unpaired) electrons. The van der Waals surface area contributed by atoms with Crippen LogP contribution in [-0.4, -0.2) is 41.0 Å². The van der Waals surface area contributed by atoms with Gasteiger partial charge in [0, 0.05) is 12.8 Å². The molecule has 0 bridgehead atoms. The zero-order chi connectivity index (χ0) is 41.8. The molecule has 0 heterocycles. The molecule has 0 amide bonds. The first kappa shape index (κ1) is 54.8. The highest BCUT2D eigenvalue weighted by molar-refractivity contribution is 7.46. The second-order valence-corrected chi connectivity index (χ2v) is 16.6. The zero-order valence-electron chi connectivity index (χ0n) is 36.5. The van der Waals surface area contributed by atoms with E-state index in [2.05, 4.69) is 79.1 Å². The normalized spacial score (nSPS) is 13.0. The maximum atomic E-state index is 12.4. The number of carbonyl (C=O) groups excluding carboxylic acids is 2. The van der Waals surface area contributed by atoms with Crippen LogP contribution in [-0.2, 0) is 28.2 Å². The molecular formula is C48H85O8P. The van der Waals surface area contributed by atoms with Crippen LogP contribution in [0.3, 0.4) is 0 Å². The number of phosphoric ester groups is 1. The molecule has 330 valence electrons. The van der Waals surface area contributed by atoms with E-state index in [0.29, 0.717) is 6.42 Å². The lowest BCUT2D eigenvalue weighted by atomic mass is 10.0. The number of phosphoric acid groups is 1. The molecule has 0 rings (SSSR count). The maximum Gasteiger partial charge on any atom is 0.469 e. The first-order valence-electron chi connectivity index (χ1n) is 23.1. The third-order valence-electron chi connectivity index (χ3n) is 9.80. The molecule has 0 aromatic rings. The van der Waals surface area contributed by atoms with E-state index in [1.807, 2.05) is 0 Å². The van der Waals surface area contributed by atoms with Gasteiger partial charge in [0.05, 0.1) is 6.61 Å². The van der Waals surface area contributed by atoms with Gasteiger partial charge in [-0.1, -0.05) is 203 Å². The van der Waals surface area contributed by atoms with Gasteiger partial charge in [-0.2, -0.15) is 0 Å². The SMILES string of the molecule is CC/C=C/C/C=C/C/C=C/C/C=C/C/C=C/CCCCCC(=O)O[C@H](COC(=O)CCCCCCCCCCCCCCCCCCCCCC)COP(=O)(O)O. The fraction of sp³-hybridized carbons (Fsp3) is 0.750. The van der Waals surface area contributed by atoms with Gasteiger partial charge in [-0.05, 0) is 57.8 Å². The number of esters is 2. The minimum absolute atomic E-state index is 0.172. The van der Waals surface area contributed by atoms with Gasteiger partial charge >= 0.3 is 19.8 Å². The summed E-state index contributed by atoms with van der Waals surface area (Å²) in [7, 11) is -4.77. The molecule has 9 heteroatoms. The van der Waals surface area contributed by atoms with Crippen LogP contribution in [0.5, 0.6) is 0 Å². The van der Waals surface area contributed by atoms with E-state index in [1.54, 1.807) is 0 Å². The third kappa shape index (κ3) is 46.3. The fourth-order valence-corrected chi connectivity index (χ4v) is 6.76. The third-order valence-corrected chi connectivity index (χ3v) is 10.3. The molecule has 0 aliphatic rings. The highest BCUT2D eigenvalue weighted by Crippen LogP contribution is 2.36. The van der Waals surface area contributed by atoms with E-state index >= 15 is 0 Å². The Morgan fingerprint density at radius 1 is 0.474 bits per heavy atom. The summed E-state index contributed by atoms with van der Waals surface area (Å²) < 4.78 is 26.4. The molecular weight excluding hydrogens is 735 g/mol. The Labute approximate surface area is 349 Å². The van der Waals surface area contributed by atoms with Crippen molar-refractivity contribution in [1.29, 1.82) is 0 Å². The van der Waals surface area contributed by atoms with Crippen molar-refractivity contribution < 1.29 is 37.9 Å². The summed E-state index contributed by atoms with van der Waals surface area (Å²) >= 11 is 0. The fourth-order valence-electron chi connectivity index (χ4n) is 6.40. The highest BCUT2D eigenvalue weighted by atomic mass is 31.2. The van der Waals surface area contributed by atoms with Crippen molar-refractivity contribution in [2.45, 2.75) is 219 Å². The standard InChI is InChI=1S/C48H85O8P/c1-3-5-7-9-11-13-15-17-19-21-23-25-26-28-30-32-34-36-38-40-42-47(49)54-44-46(45-55-57(51,52)53)56-48(50)43-41-39-37-35-33-31-29-27-24-22-20-18-16-14-12-10-8-6-4-2/h6,8,12,14,18,20,24,27,31,33,46H,3-5,7,9-11,13,15-17,19,21-23,25-26,28-30,32,34-45H2,1-2H3,(H2,51,52,53)/b8-6+,14-12+,20-18+,27-24+,33-31+/t46-/m1/s1. The molecule has 0 saturated carbocycles. The Hall–Kier alpha value is -2.25. The highest BCUT2D eigenvalue weighted by Gasteiger charge is 2.22. The van der Waals surface area contributed by atoms with Gasteiger partial charge in [-0.3, -0.25) is 14.1 Å². The molecule has 0 unspecified atom stereocenters. The second kappa shape index (κ2) is 43.3. The van der Waals surface area contributed by atoms with Crippen LogP contribution in [0.1, 0.15) is 213 Å². The zero-order valence-corrected chi connectivity index (χ0v) is 37.4. The second-order valence-electron chi connectivity index (χ2n) is 15.4. The first-order chi connectivity index (χ1) is 27.8. The molecule has 0 aliphatic heterocycles. The van der Waals surface area contributed by atoms with Crippen LogP contribution in [0.25, 0.3) is 0 Å². The predicted molar refractivity (Wildman–Crippen MR) is 239 cm³/mol. The average molecular weight is 821 g/mol. The number of rotatable bonds is 42. The molecule has 57 heavy (non-hydrogen) atoms. The van der Waals surface area contributed by atoms with E-state index in [-0.39, 0.29) is 19.4 Å². The Balaban J connectivity index is 3.92. The summed E-state index contributed by atoms with van der Waals surface area (Å²) in [5.74, 6) is -0.918. The van der Waals surface area contributed by atoms with Crippen LogP contribution in [0.2, 0.25) is 0 Å². The minimum atomic E-state index is -4.77. The van der Waals surface area contributed by atoms with Gasteiger partial charge in [-0.15, -0.1) is 0 Å². The van der Waals surface area contributed by atoms with E-state index in [0.717, 1.165) is 70.6 Å². The van der Waals surface area contributed by atoms with E-state index in [4.69, 9.17) is 19.3 Å². The number of ether oxygens (including phenoxy) is 2. The summed E-state index contributed by atoms with van der Waals surface area (Å²) in [6, 6.07) is 0. The van der Waals surface area contributed by atoms with E-state index < -0.39 is 32.5 Å². The van der Waals surface area contributed by atoms with Gasteiger partial charge in [0.2, 0.25) is 0 Å². The molecule has 2 N–H and O–H groups in total. The topological polar surface area (TPSA) is 119 Å². The number of carbonyl (C=O) groups is 2. The summed E-state index contributed by atoms with van der Waals surface area (Å²) in [6.45, 7) is 3.57. The summed E-state index contributed by atoms with van der Waals surface area (Å²) in [6.07, 6.45) is 55.2. The maximum absolute atomic E-state index is 12.4. The Bertz CT molecular complexity index is 1110. The quantitative estimate of drug-likeness (QED) is 0.0270. The number of hydrogen-bond donors (Lipinski definition) is 2. The van der Waals surface area contributed by atoms with Gasteiger partial charge in [0.25, 0.3) is 0 Å². The summed E-state index contributed by atoms with van der Waals surface area (Å²) in [5.41, 5.74) is 0. The predicted octanol–water partition coefficient (Wildman–Crippen LogP) is 14.5. The van der Waals surface area contributed by atoms with Gasteiger partial charge < -0.3 is 19.3 Å². The Morgan fingerprint density at radius 2 is 0.842 bits per heavy atom. The van der Waals surface area contributed by atoms with Crippen LogP contribution >= 0.6 is 7.82 Å². The Morgan fingerprint density at radius 3 is 1.26 bits per heavy atom. The molecule has 0 saturated heterocycles. The van der Waals surface area contributed by atoms with Gasteiger partial charge in [-0.25, -0.2) is 4.57 Å². The van der Waals surface area contributed by atoms with Crippen molar-refractivity contribution >= 4 is 19.8 Å². The lowest BCUT2D eigenvalue weighted by Crippen LogP contribution is -2.29. The molecule has 0 aromatic heterocycles. The van der Waals surface area contributed by atoms with Crippen molar-refractivity contribution in [1.82, 2.24) is 0 Å². The van der Waals surface area contributed by atoms with Crippen LogP contribution in [0.15, 0.2) is 60.8 Å². The molecule has 8 nitrogen and oxygen atoms in total. The molecule has 0 spiro atoms. The van der Waals surface area contributed by atoms with Gasteiger partial charge in [0.15, 0.2) is 6.10 Å². The monoisotopic (exact) mass is 821 g/mol. The average Bonchev–Trinajstić information content (AvgIpc) is 3.18. The van der Waals surface area contributed by atoms with Crippen LogP contribution < -0.4 is 0 Å². The van der Waals surface area contributed by atoms with E-state index in [9.17, 15) is 14.2 Å². The van der Waals surface area contributed by atoms with E-state index in [1.165, 1.54) is 109 Å². The molecule has 1 atom stereocenters. The largest absolute Gasteiger partial charge is 0.469 e. The Kier molecular flexibility index (Phi) is 41.6. The van der Waals surface area contributed by atoms with Gasteiger partial charge in [0.1, 0.15) is 6.61 Å². The lowest BCUT2D eigenvalue weighted by molar-refractivity contribution is -0.161. The molecule has 0 fully saturated rings. The smallest absolute Gasteiger partial charge is 0.462 e. The molecule has 0 aliphatic carbocycles. The minimum Gasteiger partial charge on any atom is -0.462 e. The van der Waals surface area contributed by atoms with Crippen molar-refractivity contribution in [2.75, 3.05) is 13.2 Å².